The van der Waals surface area contributed by atoms with E-state index in [0.717, 1.165) is 16.6 Å². The highest BCUT2D eigenvalue weighted by Gasteiger charge is 2.20. The standard InChI is InChI=1S/C23H21N3O3S/c1-15-7-8-17-9-14-20(23(27)22(17)25-15)21(16-5-3-2-4-6-16)26-18-10-12-19(13-11-18)30(24,28)29/h2-14,21,26-27H,1H3,(H2,24,28,29). The van der Waals surface area contributed by atoms with Crippen LogP contribution >= 0.6 is 0 Å². The molecule has 4 aromatic rings. The number of fused-ring (bicyclic) bond motifs is 1. The quantitative estimate of drug-likeness (QED) is 0.452. The molecule has 0 aliphatic rings. The monoisotopic (exact) mass is 419 g/mol. The van der Waals surface area contributed by atoms with Gasteiger partial charge in [0.1, 0.15) is 11.3 Å². The molecule has 0 amide bonds. The molecule has 1 heterocycles. The summed E-state index contributed by atoms with van der Waals surface area (Å²) in [7, 11) is -3.76. The number of pyridine rings is 1. The van der Waals surface area contributed by atoms with E-state index in [1.165, 1.54) is 12.1 Å². The van der Waals surface area contributed by atoms with E-state index in [9.17, 15) is 13.5 Å². The van der Waals surface area contributed by atoms with Crippen LogP contribution in [0.2, 0.25) is 0 Å². The molecule has 0 spiro atoms. The highest BCUT2D eigenvalue weighted by atomic mass is 32.2. The lowest BCUT2D eigenvalue weighted by molar-refractivity contribution is 0.471. The van der Waals surface area contributed by atoms with Crippen molar-refractivity contribution in [1.29, 1.82) is 0 Å². The SMILES string of the molecule is Cc1ccc2ccc(C(Nc3ccc(S(N)(=O)=O)cc3)c3ccccc3)c(O)c2n1. The Hall–Kier alpha value is -3.42. The lowest BCUT2D eigenvalue weighted by Crippen LogP contribution is -2.14. The summed E-state index contributed by atoms with van der Waals surface area (Å²) in [4.78, 5) is 4.54. The van der Waals surface area contributed by atoms with Gasteiger partial charge in [-0.05, 0) is 42.8 Å². The Bertz CT molecular complexity index is 1310. The van der Waals surface area contributed by atoms with Crippen LogP contribution in [0.1, 0.15) is 22.9 Å². The molecule has 7 heteroatoms. The van der Waals surface area contributed by atoms with Gasteiger partial charge in [-0.1, -0.05) is 48.5 Å². The zero-order valence-corrected chi connectivity index (χ0v) is 17.1. The molecule has 1 unspecified atom stereocenters. The van der Waals surface area contributed by atoms with Crippen molar-refractivity contribution in [2.24, 2.45) is 5.14 Å². The highest BCUT2D eigenvalue weighted by molar-refractivity contribution is 7.89. The van der Waals surface area contributed by atoms with Crippen LogP contribution in [0.15, 0.2) is 83.8 Å². The Kier molecular flexibility index (Phi) is 5.15. The maximum Gasteiger partial charge on any atom is 0.238 e. The van der Waals surface area contributed by atoms with Crippen molar-refractivity contribution >= 4 is 26.6 Å². The summed E-state index contributed by atoms with van der Waals surface area (Å²) >= 11 is 0. The van der Waals surface area contributed by atoms with Gasteiger partial charge in [0.2, 0.25) is 10.0 Å². The van der Waals surface area contributed by atoms with E-state index >= 15 is 0 Å². The van der Waals surface area contributed by atoms with Gasteiger partial charge in [0.05, 0.1) is 10.9 Å². The smallest absolute Gasteiger partial charge is 0.238 e. The van der Waals surface area contributed by atoms with E-state index in [-0.39, 0.29) is 16.7 Å². The molecule has 152 valence electrons. The van der Waals surface area contributed by atoms with Crippen molar-refractivity contribution in [3.8, 4) is 5.75 Å². The summed E-state index contributed by atoms with van der Waals surface area (Å²) in [6, 6.07) is 23.2. The van der Waals surface area contributed by atoms with E-state index in [2.05, 4.69) is 10.3 Å². The number of primary sulfonamides is 1. The first kappa shape index (κ1) is 19.9. The van der Waals surface area contributed by atoms with Crippen LogP contribution in [0, 0.1) is 6.92 Å². The molecule has 0 aliphatic heterocycles. The van der Waals surface area contributed by atoms with E-state index in [0.29, 0.717) is 16.8 Å². The Morgan fingerprint density at radius 3 is 2.27 bits per heavy atom. The van der Waals surface area contributed by atoms with Gasteiger partial charge in [0.15, 0.2) is 0 Å². The fraction of sp³-hybridized carbons (Fsp3) is 0.0870. The molecule has 1 aromatic heterocycles. The van der Waals surface area contributed by atoms with Gasteiger partial charge in [-0.3, -0.25) is 0 Å². The van der Waals surface area contributed by atoms with E-state index in [4.69, 9.17) is 5.14 Å². The topological polar surface area (TPSA) is 105 Å². The second-order valence-electron chi connectivity index (χ2n) is 7.09. The number of nitrogens with two attached hydrogens (primary N) is 1. The number of aryl methyl sites for hydroxylation is 1. The van der Waals surface area contributed by atoms with Gasteiger partial charge >= 0.3 is 0 Å². The van der Waals surface area contributed by atoms with Crippen LogP contribution in [0.25, 0.3) is 10.9 Å². The van der Waals surface area contributed by atoms with Crippen molar-refractivity contribution in [3.05, 3.63) is 95.7 Å². The normalized spacial score (nSPS) is 12.6. The maximum absolute atomic E-state index is 11.5. The number of rotatable bonds is 5. The zero-order valence-electron chi connectivity index (χ0n) is 16.3. The molecule has 0 fully saturated rings. The number of sulfonamides is 1. The number of hydrogen-bond acceptors (Lipinski definition) is 5. The molecule has 0 bridgehead atoms. The number of benzene rings is 3. The van der Waals surface area contributed by atoms with E-state index in [1.54, 1.807) is 12.1 Å². The van der Waals surface area contributed by atoms with Crippen molar-refractivity contribution in [2.75, 3.05) is 5.32 Å². The number of anilines is 1. The Morgan fingerprint density at radius 1 is 0.933 bits per heavy atom. The third kappa shape index (κ3) is 3.98. The van der Waals surface area contributed by atoms with Crippen LogP contribution in [0.4, 0.5) is 5.69 Å². The second kappa shape index (κ2) is 7.78. The van der Waals surface area contributed by atoms with Crippen LogP contribution in [-0.2, 0) is 10.0 Å². The van der Waals surface area contributed by atoms with Gasteiger partial charge in [-0.25, -0.2) is 18.5 Å². The number of aromatic hydroxyl groups is 1. The van der Waals surface area contributed by atoms with Crippen LogP contribution in [-0.4, -0.2) is 18.5 Å². The number of phenols is 1. The molecule has 0 saturated heterocycles. The second-order valence-corrected chi connectivity index (χ2v) is 8.65. The molecule has 3 aromatic carbocycles. The van der Waals surface area contributed by atoms with Crippen LogP contribution in [0.5, 0.6) is 5.75 Å². The predicted octanol–water partition coefficient (Wildman–Crippen LogP) is 4.10. The minimum absolute atomic E-state index is 0.0394. The minimum Gasteiger partial charge on any atom is -0.505 e. The third-order valence-electron chi connectivity index (χ3n) is 4.94. The summed E-state index contributed by atoms with van der Waals surface area (Å²) in [6.07, 6.45) is 0. The van der Waals surface area contributed by atoms with E-state index in [1.807, 2.05) is 61.5 Å². The molecule has 4 N–H and O–H groups in total. The average Bonchev–Trinajstić information content (AvgIpc) is 2.73. The number of aromatic nitrogens is 1. The van der Waals surface area contributed by atoms with Gasteiger partial charge in [0, 0.05) is 22.3 Å². The number of phenolic OH excluding ortho intramolecular Hbond substituents is 1. The fourth-order valence-electron chi connectivity index (χ4n) is 3.41. The lowest BCUT2D eigenvalue weighted by atomic mass is 9.96. The fourth-order valence-corrected chi connectivity index (χ4v) is 3.93. The predicted molar refractivity (Wildman–Crippen MR) is 118 cm³/mol. The maximum atomic E-state index is 11.5. The highest BCUT2D eigenvalue weighted by Crippen LogP contribution is 2.36. The molecular weight excluding hydrogens is 398 g/mol. The van der Waals surface area contributed by atoms with E-state index < -0.39 is 10.0 Å². The first-order valence-corrected chi connectivity index (χ1v) is 10.9. The van der Waals surface area contributed by atoms with Crippen molar-refractivity contribution in [3.63, 3.8) is 0 Å². The number of nitrogens with zero attached hydrogens (tertiary/aromatic N) is 1. The Balaban J connectivity index is 1.80. The van der Waals surface area contributed by atoms with Gasteiger partial charge in [-0.2, -0.15) is 0 Å². The molecular formula is C23H21N3O3S. The van der Waals surface area contributed by atoms with Crippen molar-refractivity contribution < 1.29 is 13.5 Å². The Labute approximate surface area is 175 Å². The average molecular weight is 420 g/mol. The minimum atomic E-state index is -3.76. The largest absolute Gasteiger partial charge is 0.505 e. The number of nitrogens with one attached hydrogen (secondary N) is 1. The molecule has 4 rings (SSSR count). The number of hydrogen-bond donors (Lipinski definition) is 3. The zero-order chi connectivity index (χ0) is 21.3. The van der Waals surface area contributed by atoms with Crippen molar-refractivity contribution in [2.45, 2.75) is 17.9 Å². The molecule has 0 radical (unpaired) electrons. The van der Waals surface area contributed by atoms with Gasteiger partial charge in [-0.15, -0.1) is 0 Å². The summed E-state index contributed by atoms with van der Waals surface area (Å²) in [5.74, 6) is 0.110. The summed E-state index contributed by atoms with van der Waals surface area (Å²) in [6.45, 7) is 1.88. The summed E-state index contributed by atoms with van der Waals surface area (Å²) in [5.41, 5.74) is 3.66. The van der Waals surface area contributed by atoms with Crippen LogP contribution in [0.3, 0.4) is 0 Å². The molecule has 30 heavy (non-hydrogen) atoms. The summed E-state index contributed by atoms with van der Waals surface area (Å²) < 4.78 is 23.0. The molecule has 1 atom stereocenters. The van der Waals surface area contributed by atoms with Gasteiger partial charge in [0.25, 0.3) is 0 Å². The summed E-state index contributed by atoms with van der Waals surface area (Å²) in [5, 5.41) is 20.5. The molecule has 0 aliphatic carbocycles. The Morgan fingerprint density at radius 2 is 1.60 bits per heavy atom. The first-order valence-electron chi connectivity index (χ1n) is 9.36. The first-order chi connectivity index (χ1) is 14.3. The third-order valence-corrected chi connectivity index (χ3v) is 5.87. The van der Waals surface area contributed by atoms with Gasteiger partial charge < -0.3 is 10.4 Å². The molecule has 6 nitrogen and oxygen atoms in total. The molecule has 0 saturated carbocycles. The van der Waals surface area contributed by atoms with Crippen molar-refractivity contribution in [1.82, 2.24) is 4.98 Å². The van der Waals surface area contributed by atoms with Crippen LogP contribution < -0.4 is 10.5 Å². The lowest BCUT2D eigenvalue weighted by Gasteiger charge is -2.22.